The van der Waals surface area contributed by atoms with E-state index in [9.17, 15) is 15.2 Å². The summed E-state index contributed by atoms with van der Waals surface area (Å²) in [4.78, 5) is 12.7. The molecular formula is C13H17BrN2O3. The van der Waals surface area contributed by atoms with Gasteiger partial charge in [0.05, 0.1) is 11.0 Å². The summed E-state index contributed by atoms with van der Waals surface area (Å²) in [6.07, 6.45) is 0.533. The van der Waals surface area contributed by atoms with Crippen LogP contribution in [0.4, 0.5) is 5.69 Å². The molecule has 1 saturated heterocycles. The zero-order valence-electron chi connectivity index (χ0n) is 10.8. The largest absolute Gasteiger partial charge is 0.393 e. The zero-order valence-corrected chi connectivity index (χ0v) is 12.3. The van der Waals surface area contributed by atoms with Gasteiger partial charge in [-0.3, -0.25) is 15.0 Å². The highest BCUT2D eigenvalue weighted by Crippen LogP contribution is 2.24. The number of nitro groups is 1. The van der Waals surface area contributed by atoms with Crippen molar-refractivity contribution >= 4 is 21.6 Å². The molecule has 0 aliphatic carbocycles. The van der Waals surface area contributed by atoms with Crippen LogP contribution in [0.15, 0.2) is 22.7 Å². The van der Waals surface area contributed by atoms with Crippen molar-refractivity contribution in [2.45, 2.75) is 26.0 Å². The van der Waals surface area contributed by atoms with Gasteiger partial charge in [0.15, 0.2) is 0 Å². The molecule has 2 rings (SSSR count). The van der Waals surface area contributed by atoms with Crippen molar-refractivity contribution in [1.82, 2.24) is 4.90 Å². The molecule has 2 unspecified atom stereocenters. The number of benzene rings is 1. The van der Waals surface area contributed by atoms with Crippen molar-refractivity contribution < 1.29 is 10.0 Å². The van der Waals surface area contributed by atoms with Gasteiger partial charge in [0.25, 0.3) is 5.69 Å². The fourth-order valence-corrected chi connectivity index (χ4v) is 2.98. The first kappa shape index (κ1) is 14.4. The Morgan fingerprint density at radius 1 is 1.53 bits per heavy atom. The van der Waals surface area contributed by atoms with Crippen LogP contribution in [0.5, 0.6) is 0 Å². The normalized spacial score (nSPS) is 24.4. The van der Waals surface area contributed by atoms with E-state index in [-0.39, 0.29) is 22.6 Å². The summed E-state index contributed by atoms with van der Waals surface area (Å²) in [6, 6.07) is 5.02. The van der Waals surface area contributed by atoms with Gasteiger partial charge in [-0.25, -0.2) is 0 Å². The molecule has 104 valence electrons. The molecule has 0 radical (unpaired) electrons. The Balaban J connectivity index is 2.09. The van der Waals surface area contributed by atoms with E-state index in [1.54, 1.807) is 6.07 Å². The van der Waals surface area contributed by atoms with E-state index in [2.05, 4.69) is 20.8 Å². The van der Waals surface area contributed by atoms with Gasteiger partial charge >= 0.3 is 0 Å². The van der Waals surface area contributed by atoms with Crippen LogP contribution in [0, 0.1) is 16.0 Å². The van der Waals surface area contributed by atoms with Gasteiger partial charge < -0.3 is 5.11 Å². The maximum atomic E-state index is 10.8. The number of hydrogen-bond donors (Lipinski definition) is 1. The predicted octanol–water partition coefficient (Wildman–Crippen LogP) is 2.56. The quantitative estimate of drug-likeness (QED) is 0.684. The number of nitrogens with zero attached hydrogens (tertiary/aromatic N) is 2. The SMILES string of the molecule is CC1CN(Cc2cc(Br)cc([N+](=O)[O-])c2)CCC1O. The Morgan fingerprint density at radius 3 is 2.89 bits per heavy atom. The standard InChI is InChI=1S/C13H17BrN2O3/c1-9-7-15(3-2-13(9)17)8-10-4-11(14)6-12(5-10)16(18)19/h4-6,9,13,17H,2-3,7-8H2,1H3. The molecule has 0 aromatic heterocycles. The fraction of sp³-hybridized carbons (Fsp3) is 0.538. The summed E-state index contributed by atoms with van der Waals surface area (Å²) >= 11 is 3.30. The zero-order chi connectivity index (χ0) is 14.0. The first-order valence-corrected chi connectivity index (χ1v) is 7.09. The molecule has 5 nitrogen and oxygen atoms in total. The molecule has 0 bridgehead atoms. The van der Waals surface area contributed by atoms with Crippen molar-refractivity contribution in [3.8, 4) is 0 Å². The molecule has 0 saturated carbocycles. The molecule has 2 atom stereocenters. The molecular weight excluding hydrogens is 312 g/mol. The molecule has 1 fully saturated rings. The molecule has 1 N–H and O–H groups in total. The number of non-ortho nitro benzene ring substituents is 1. The third kappa shape index (κ3) is 3.75. The van der Waals surface area contributed by atoms with Crippen molar-refractivity contribution in [1.29, 1.82) is 0 Å². The van der Waals surface area contributed by atoms with Crippen LogP contribution in [-0.4, -0.2) is 34.1 Å². The molecule has 1 heterocycles. The number of nitro benzene ring substituents is 1. The topological polar surface area (TPSA) is 66.6 Å². The lowest BCUT2D eigenvalue weighted by molar-refractivity contribution is -0.385. The fourth-order valence-electron chi connectivity index (χ4n) is 2.45. The van der Waals surface area contributed by atoms with Gasteiger partial charge in [0.1, 0.15) is 0 Å². The second kappa shape index (κ2) is 5.98. The Labute approximate surface area is 120 Å². The monoisotopic (exact) mass is 328 g/mol. The number of aliphatic hydroxyl groups is 1. The average molecular weight is 329 g/mol. The summed E-state index contributed by atoms with van der Waals surface area (Å²) in [6.45, 7) is 4.35. The van der Waals surface area contributed by atoms with Gasteiger partial charge in [0, 0.05) is 36.2 Å². The average Bonchev–Trinajstić information content (AvgIpc) is 2.33. The lowest BCUT2D eigenvalue weighted by Crippen LogP contribution is -2.41. The Kier molecular flexibility index (Phi) is 4.54. The number of hydrogen-bond acceptors (Lipinski definition) is 4. The van der Waals surface area contributed by atoms with Crippen LogP contribution in [0.2, 0.25) is 0 Å². The van der Waals surface area contributed by atoms with Gasteiger partial charge in [-0.05, 0) is 24.0 Å². The second-order valence-electron chi connectivity index (χ2n) is 5.14. The summed E-state index contributed by atoms with van der Waals surface area (Å²) in [5.41, 5.74) is 1.03. The van der Waals surface area contributed by atoms with Crippen LogP contribution in [-0.2, 0) is 6.54 Å². The summed E-state index contributed by atoms with van der Waals surface area (Å²) in [7, 11) is 0. The lowest BCUT2D eigenvalue weighted by atomic mass is 9.96. The number of piperidine rings is 1. The molecule has 19 heavy (non-hydrogen) atoms. The molecule has 1 aliphatic heterocycles. The molecule has 6 heteroatoms. The van der Waals surface area contributed by atoms with Gasteiger partial charge in [-0.2, -0.15) is 0 Å². The summed E-state index contributed by atoms with van der Waals surface area (Å²) < 4.78 is 0.724. The number of likely N-dealkylation sites (tertiary alicyclic amines) is 1. The molecule has 1 aromatic rings. The van der Waals surface area contributed by atoms with Gasteiger partial charge in [-0.15, -0.1) is 0 Å². The Bertz CT molecular complexity index is 481. The lowest BCUT2D eigenvalue weighted by Gasteiger charge is -2.34. The minimum atomic E-state index is -0.378. The van der Waals surface area contributed by atoms with Gasteiger partial charge in [-0.1, -0.05) is 22.9 Å². The third-order valence-corrected chi connectivity index (χ3v) is 3.96. The van der Waals surface area contributed by atoms with Crippen LogP contribution < -0.4 is 0 Å². The maximum absolute atomic E-state index is 10.8. The van der Waals surface area contributed by atoms with Crippen molar-refractivity contribution in [2.75, 3.05) is 13.1 Å². The highest BCUT2D eigenvalue weighted by molar-refractivity contribution is 9.10. The van der Waals surface area contributed by atoms with E-state index in [1.165, 1.54) is 6.07 Å². The summed E-state index contributed by atoms with van der Waals surface area (Å²) in [5, 5.41) is 20.5. The first-order chi connectivity index (χ1) is 8.95. The van der Waals surface area contributed by atoms with Gasteiger partial charge in [0.2, 0.25) is 0 Å². The molecule has 1 aliphatic rings. The van der Waals surface area contributed by atoms with Crippen LogP contribution in [0.25, 0.3) is 0 Å². The van der Waals surface area contributed by atoms with E-state index in [1.807, 2.05) is 13.0 Å². The van der Waals surface area contributed by atoms with Crippen molar-refractivity contribution in [2.24, 2.45) is 5.92 Å². The minimum absolute atomic E-state index is 0.106. The Hall–Kier alpha value is -0.980. The first-order valence-electron chi connectivity index (χ1n) is 6.30. The van der Waals surface area contributed by atoms with E-state index in [4.69, 9.17) is 0 Å². The number of rotatable bonds is 3. The van der Waals surface area contributed by atoms with E-state index in [0.717, 1.165) is 29.5 Å². The highest BCUT2D eigenvalue weighted by atomic mass is 79.9. The van der Waals surface area contributed by atoms with Crippen LogP contribution >= 0.6 is 15.9 Å². The van der Waals surface area contributed by atoms with E-state index in [0.29, 0.717) is 6.54 Å². The van der Waals surface area contributed by atoms with E-state index < -0.39 is 0 Å². The molecule has 0 amide bonds. The maximum Gasteiger partial charge on any atom is 0.270 e. The number of aliphatic hydroxyl groups excluding tert-OH is 1. The highest BCUT2D eigenvalue weighted by Gasteiger charge is 2.24. The third-order valence-electron chi connectivity index (χ3n) is 3.50. The second-order valence-corrected chi connectivity index (χ2v) is 6.06. The molecule has 1 aromatic carbocycles. The van der Waals surface area contributed by atoms with Crippen molar-refractivity contribution in [3.05, 3.63) is 38.3 Å². The minimum Gasteiger partial charge on any atom is -0.393 e. The Morgan fingerprint density at radius 2 is 2.26 bits per heavy atom. The van der Waals surface area contributed by atoms with Crippen molar-refractivity contribution in [3.63, 3.8) is 0 Å². The smallest absolute Gasteiger partial charge is 0.270 e. The van der Waals surface area contributed by atoms with Crippen LogP contribution in [0.3, 0.4) is 0 Å². The predicted molar refractivity (Wildman–Crippen MR) is 75.9 cm³/mol. The summed E-state index contributed by atoms with van der Waals surface area (Å²) in [5.74, 6) is 0.246. The molecule has 0 spiro atoms. The van der Waals surface area contributed by atoms with E-state index >= 15 is 0 Å². The van der Waals surface area contributed by atoms with Crippen LogP contribution in [0.1, 0.15) is 18.9 Å². The number of halogens is 1.